The van der Waals surface area contributed by atoms with Crippen LogP contribution in [0.15, 0.2) is 24.0 Å². The fraction of sp³-hybridized carbons (Fsp3) is 0.538. The smallest absolute Gasteiger partial charge is 0.240 e. The molecule has 112 valence electrons. The zero-order valence-electron chi connectivity index (χ0n) is 11.7. The molecule has 0 radical (unpaired) electrons. The van der Waals surface area contributed by atoms with Crippen molar-refractivity contribution in [3.8, 4) is 0 Å². The minimum absolute atomic E-state index is 0.0286. The molecule has 1 N–H and O–H groups in total. The van der Waals surface area contributed by atoms with Crippen molar-refractivity contribution in [1.29, 1.82) is 0 Å². The zero-order valence-corrected chi connectivity index (χ0v) is 12.5. The van der Waals surface area contributed by atoms with Gasteiger partial charge in [-0.25, -0.2) is 0 Å². The summed E-state index contributed by atoms with van der Waals surface area (Å²) in [6.45, 7) is 2.18. The maximum atomic E-state index is 12.1. The van der Waals surface area contributed by atoms with Crippen molar-refractivity contribution in [3.05, 3.63) is 24.0 Å². The molecular weight excluding hydrogens is 288 g/mol. The van der Waals surface area contributed by atoms with E-state index < -0.39 is 0 Å². The van der Waals surface area contributed by atoms with Gasteiger partial charge in [-0.15, -0.1) is 10.2 Å². The monoisotopic (exact) mass is 306 g/mol. The summed E-state index contributed by atoms with van der Waals surface area (Å²) in [7, 11) is 0. The van der Waals surface area contributed by atoms with Crippen LogP contribution in [0.3, 0.4) is 0 Å². The second kappa shape index (κ2) is 6.77. The quantitative estimate of drug-likeness (QED) is 0.899. The summed E-state index contributed by atoms with van der Waals surface area (Å²) < 4.78 is 1.94. The van der Waals surface area contributed by atoms with Crippen LogP contribution >= 0.6 is 11.3 Å². The number of rotatable bonds is 5. The van der Waals surface area contributed by atoms with Gasteiger partial charge in [0.05, 0.1) is 13.1 Å². The Morgan fingerprint density at radius 2 is 2.43 bits per heavy atom. The minimum Gasteiger partial charge on any atom is -0.299 e. The third-order valence-corrected chi connectivity index (χ3v) is 4.27. The normalized spacial score (nSPS) is 19.5. The van der Waals surface area contributed by atoms with Crippen LogP contribution in [0.2, 0.25) is 0 Å². The highest BCUT2D eigenvalue weighted by Gasteiger charge is 2.24. The Bertz CT molecular complexity index is 555. The van der Waals surface area contributed by atoms with Crippen LogP contribution in [0.1, 0.15) is 19.3 Å². The number of likely N-dealkylation sites (tertiary alicyclic amines) is 1. The highest BCUT2D eigenvalue weighted by molar-refractivity contribution is 7.13. The molecule has 2 aromatic rings. The van der Waals surface area contributed by atoms with Crippen LogP contribution in [0.4, 0.5) is 5.13 Å². The van der Waals surface area contributed by atoms with E-state index in [4.69, 9.17) is 0 Å². The Hall–Kier alpha value is -1.80. The summed E-state index contributed by atoms with van der Waals surface area (Å²) in [5, 5.41) is 15.2. The number of hydrogen-bond donors (Lipinski definition) is 1. The molecule has 0 saturated carbocycles. The van der Waals surface area contributed by atoms with Gasteiger partial charge in [-0.3, -0.25) is 19.7 Å². The summed E-state index contributed by atoms with van der Waals surface area (Å²) in [6.07, 6.45) is 7.21. The van der Waals surface area contributed by atoms with Crippen molar-refractivity contribution < 1.29 is 4.79 Å². The second-order valence-corrected chi connectivity index (χ2v) is 5.97. The first-order valence-electron chi connectivity index (χ1n) is 7.09. The molecular formula is C13H18N6OS. The van der Waals surface area contributed by atoms with Gasteiger partial charge in [-0.2, -0.15) is 5.10 Å². The molecule has 1 unspecified atom stereocenters. The predicted molar refractivity (Wildman–Crippen MR) is 80.0 cm³/mol. The van der Waals surface area contributed by atoms with Crippen molar-refractivity contribution in [1.82, 2.24) is 24.9 Å². The molecule has 0 bridgehead atoms. The molecule has 1 fully saturated rings. The van der Waals surface area contributed by atoms with Crippen molar-refractivity contribution in [2.45, 2.75) is 31.8 Å². The summed E-state index contributed by atoms with van der Waals surface area (Å²) in [6, 6.07) is 2.29. The third kappa shape index (κ3) is 3.85. The van der Waals surface area contributed by atoms with Crippen LogP contribution < -0.4 is 5.32 Å². The molecule has 7 nitrogen and oxygen atoms in total. The molecule has 8 heteroatoms. The lowest BCUT2D eigenvalue weighted by molar-refractivity contribution is -0.118. The first kappa shape index (κ1) is 14.2. The van der Waals surface area contributed by atoms with E-state index in [1.807, 2.05) is 16.9 Å². The Balaban J connectivity index is 1.57. The Labute approximate surface area is 127 Å². The van der Waals surface area contributed by atoms with Crippen molar-refractivity contribution >= 4 is 22.4 Å². The van der Waals surface area contributed by atoms with Crippen LogP contribution in [-0.4, -0.2) is 49.9 Å². The van der Waals surface area contributed by atoms with Crippen molar-refractivity contribution in [3.63, 3.8) is 0 Å². The van der Waals surface area contributed by atoms with Gasteiger partial charge in [-0.1, -0.05) is 17.8 Å². The lowest BCUT2D eigenvalue weighted by atomic mass is 10.0. The van der Waals surface area contributed by atoms with E-state index in [1.54, 1.807) is 11.7 Å². The van der Waals surface area contributed by atoms with E-state index in [-0.39, 0.29) is 5.91 Å². The molecule has 3 rings (SSSR count). The van der Waals surface area contributed by atoms with E-state index >= 15 is 0 Å². The molecule has 0 spiro atoms. The van der Waals surface area contributed by atoms with Gasteiger partial charge in [0.2, 0.25) is 11.0 Å². The highest BCUT2D eigenvalue weighted by Crippen LogP contribution is 2.18. The molecule has 21 heavy (non-hydrogen) atoms. The number of nitrogens with zero attached hydrogens (tertiary/aromatic N) is 5. The summed E-state index contributed by atoms with van der Waals surface area (Å²) in [5.74, 6) is -0.0286. The number of carbonyl (C=O) groups is 1. The van der Waals surface area contributed by atoms with E-state index in [0.29, 0.717) is 17.7 Å². The van der Waals surface area contributed by atoms with Gasteiger partial charge in [0.1, 0.15) is 5.51 Å². The highest BCUT2D eigenvalue weighted by atomic mass is 32.1. The fourth-order valence-corrected chi connectivity index (χ4v) is 3.13. The topological polar surface area (TPSA) is 75.9 Å². The molecule has 1 atom stereocenters. The fourth-order valence-electron chi connectivity index (χ4n) is 2.67. The number of hydrogen-bond acceptors (Lipinski definition) is 6. The van der Waals surface area contributed by atoms with Gasteiger partial charge in [0.25, 0.3) is 0 Å². The lowest BCUT2D eigenvalue weighted by Crippen LogP contribution is -2.46. The second-order valence-electron chi connectivity index (χ2n) is 5.14. The maximum Gasteiger partial charge on any atom is 0.240 e. The molecule has 3 heterocycles. The van der Waals surface area contributed by atoms with Crippen molar-refractivity contribution in [2.24, 2.45) is 0 Å². The molecule has 1 aliphatic rings. The Kier molecular flexibility index (Phi) is 4.56. The van der Waals surface area contributed by atoms with Gasteiger partial charge >= 0.3 is 0 Å². The van der Waals surface area contributed by atoms with Crippen LogP contribution in [0, 0.1) is 0 Å². The molecule has 0 aromatic carbocycles. The number of nitrogens with one attached hydrogen (secondary N) is 1. The molecule has 1 saturated heterocycles. The Morgan fingerprint density at radius 3 is 3.19 bits per heavy atom. The molecule has 2 aromatic heterocycles. The summed E-state index contributed by atoms with van der Waals surface area (Å²) in [4.78, 5) is 14.3. The van der Waals surface area contributed by atoms with Crippen molar-refractivity contribution in [2.75, 3.05) is 18.4 Å². The maximum absolute atomic E-state index is 12.1. The first-order valence-corrected chi connectivity index (χ1v) is 7.97. The zero-order chi connectivity index (χ0) is 14.5. The minimum atomic E-state index is -0.0286. The van der Waals surface area contributed by atoms with Crippen LogP contribution in [-0.2, 0) is 11.3 Å². The summed E-state index contributed by atoms with van der Waals surface area (Å²) >= 11 is 1.33. The van der Waals surface area contributed by atoms with Crippen LogP contribution in [0.5, 0.6) is 0 Å². The SMILES string of the molecule is O=C(CN1CCCCC1Cn1cccn1)Nc1nncs1. The van der Waals surface area contributed by atoms with E-state index in [2.05, 4.69) is 25.5 Å². The van der Waals surface area contributed by atoms with Crippen LogP contribution in [0.25, 0.3) is 0 Å². The number of carbonyl (C=O) groups excluding carboxylic acids is 1. The average Bonchev–Trinajstić information content (AvgIpc) is 3.14. The number of amides is 1. The first-order chi connectivity index (χ1) is 10.3. The van der Waals surface area contributed by atoms with E-state index in [9.17, 15) is 4.79 Å². The van der Waals surface area contributed by atoms with Gasteiger partial charge < -0.3 is 0 Å². The number of piperidine rings is 1. The average molecular weight is 306 g/mol. The Morgan fingerprint density at radius 1 is 1.48 bits per heavy atom. The van der Waals surface area contributed by atoms with Gasteiger partial charge in [-0.05, 0) is 25.5 Å². The lowest BCUT2D eigenvalue weighted by Gasteiger charge is -2.35. The van der Waals surface area contributed by atoms with E-state index in [0.717, 1.165) is 25.9 Å². The number of aromatic nitrogens is 4. The third-order valence-electron chi connectivity index (χ3n) is 3.66. The van der Waals surface area contributed by atoms with Gasteiger partial charge in [0.15, 0.2) is 0 Å². The summed E-state index contributed by atoms with van der Waals surface area (Å²) in [5.41, 5.74) is 1.61. The van der Waals surface area contributed by atoms with E-state index in [1.165, 1.54) is 17.8 Å². The largest absolute Gasteiger partial charge is 0.299 e. The molecule has 0 aliphatic carbocycles. The predicted octanol–water partition coefficient (Wildman–Crippen LogP) is 1.23. The molecule has 1 aliphatic heterocycles. The number of anilines is 1. The molecule has 1 amide bonds. The standard InChI is InChI=1S/C13H18N6OS/c20-12(16-13-17-14-10-21-13)9-18-6-2-1-4-11(18)8-19-7-3-5-15-19/h3,5,7,10-11H,1-2,4,6,8-9H2,(H,16,17,20). The van der Waals surface area contributed by atoms with Gasteiger partial charge in [0, 0.05) is 18.4 Å².